The monoisotopic (exact) mass is 495 g/mol. The summed E-state index contributed by atoms with van der Waals surface area (Å²) in [6.45, 7) is 1.43. The number of rotatable bonds is 8. The van der Waals surface area contributed by atoms with Crippen LogP contribution in [0.5, 0.6) is 0 Å². The SMILES string of the molecule is CCOC(=O)C(c1ccccc1)C1(NC(=O)c2ccccc2)C(=O)C(C(=O)OC)C(=O)C1C(=O)OC. The molecule has 0 radical (unpaired) electrons. The first kappa shape index (κ1) is 26.3. The summed E-state index contributed by atoms with van der Waals surface area (Å²) in [5, 5.41) is 2.48. The van der Waals surface area contributed by atoms with Gasteiger partial charge in [0.2, 0.25) is 0 Å². The van der Waals surface area contributed by atoms with Crippen molar-refractivity contribution in [2.75, 3.05) is 20.8 Å². The van der Waals surface area contributed by atoms with Gasteiger partial charge in [0.15, 0.2) is 17.5 Å². The molecule has 4 atom stereocenters. The van der Waals surface area contributed by atoms with E-state index < -0.39 is 58.7 Å². The van der Waals surface area contributed by atoms with Gasteiger partial charge in [-0.05, 0) is 24.6 Å². The van der Waals surface area contributed by atoms with E-state index in [0.717, 1.165) is 14.2 Å². The largest absolute Gasteiger partial charge is 0.468 e. The van der Waals surface area contributed by atoms with E-state index in [2.05, 4.69) is 10.1 Å². The van der Waals surface area contributed by atoms with E-state index in [4.69, 9.17) is 9.47 Å². The summed E-state index contributed by atoms with van der Waals surface area (Å²) in [4.78, 5) is 79.8. The molecule has 0 aliphatic heterocycles. The van der Waals surface area contributed by atoms with E-state index in [9.17, 15) is 28.8 Å². The van der Waals surface area contributed by atoms with Gasteiger partial charge >= 0.3 is 17.9 Å². The van der Waals surface area contributed by atoms with Gasteiger partial charge in [-0.15, -0.1) is 0 Å². The lowest BCUT2D eigenvalue weighted by Gasteiger charge is -2.38. The molecule has 188 valence electrons. The number of benzene rings is 2. The van der Waals surface area contributed by atoms with Crippen LogP contribution in [0.4, 0.5) is 0 Å². The lowest BCUT2D eigenvalue weighted by molar-refractivity contribution is -0.156. The standard InChI is InChI=1S/C26H25NO9/c1-4-36-25(33)18(15-11-7-5-8-12-15)26(27-22(30)16-13-9-6-10-14-16)19(24(32)35-3)20(28)17(21(26)29)23(31)34-2/h5-14,17-19H,4H2,1-3H3,(H,27,30). The Morgan fingerprint density at radius 3 is 1.97 bits per heavy atom. The fraction of sp³-hybridized carbons (Fsp3) is 0.308. The Balaban J connectivity index is 2.36. The maximum Gasteiger partial charge on any atom is 0.323 e. The number of carbonyl (C=O) groups is 6. The predicted molar refractivity (Wildman–Crippen MR) is 123 cm³/mol. The number of ether oxygens (including phenoxy) is 3. The van der Waals surface area contributed by atoms with E-state index in [1.165, 1.54) is 31.2 Å². The fourth-order valence-corrected chi connectivity index (χ4v) is 4.48. The summed E-state index contributed by atoms with van der Waals surface area (Å²) in [6, 6.07) is 15.4. The topological polar surface area (TPSA) is 142 Å². The summed E-state index contributed by atoms with van der Waals surface area (Å²) < 4.78 is 14.7. The summed E-state index contributed by atoms with van der Waals surface area (Å²) in [5.74, 6) is -12.4. The van der Waals surface area contributed by atoms with Crippen LogP contribution in [-0.2, 0) is 38.2 Å². The third-order valence-corrected chi connectivity index (χ3v) is 6.03. The number of nitrogens with one attached hydrogen (secondary N) is 1. The summed E-state index contributed by atoms with van der Waals surface area (Å²) in [6.07, 6.45) is 0. The molecule has 0 aromatic heterocycles. The van der Waals surface area contributed by atoms with Crippen molar-refractivity contribution in [3.8, 4) is 0 Å². The van der Waals surface area contributed by atoms with E-state index >= 15 is 0 Å². The van der Waals surface area contributed by atoms with Crippen LogP contribution in [-0.4, -0.2) is 61.7 Å². The van der Waals surface area contributed by atoms with Gasteiger partial charge in [-0.3, -0.25) is 28.8 Å². The zero-order valence-electron chi connectivity index (χ0n) is 19.9. The maximum atomic E-state index is 14.0. The first-order chi connectivity index (χ1) is 17.2. The molecular weight excluding hydrogens is 470 g/mol. The number of hydrogen-bond donors (Lipinski definition) is 1. The second kappa shape index (κ2) is 10.9. The molecule has 2 aromatic carbocycles. The lowest BCUT2D eigenvalue weighted by atomic mass is 9.71. The van der Waals surface area contributed by atoms with Gasteiger partial charge in [0.1, 0.15) is 17.4 Å². The Morgan fingerprint density at radius 1 is 0.889 bits per heavy atom. The first-order valence-electron chi connectivity index (χ1n) is 11.1. The molecule has 0 heterocycles. The fourth-order valence-electron chi connectivity index (χ4n) is 4.48. The molecule has 1 aliphatic carbocycles. The van der Waals surface area contributed by atoms with Gasteiger partial charge in [-0.25, -0.2) is 0 Å². The van der Waals surface area contributed by atoms with Crippen molar-refractivity contribution < 1.29 is 43.0 Å². The summed E-state index contributed by atoms with van der Waals surface area (Å²) in [5.41, 5.74) is -2.30. The molecule has 1 amide bonds. The average Bonchev–Trinajstić information content (AvgIpc) is 3.10. The first-order valence-corrected chi connectivity index (χ1v) is 11.1. The smallest absolute Gasteiger partial charge is 0.323 e. The second-order valence-electron chi connectivity index (χ2n) is 7.96. The average molecular weight is 495 g/mol. The number of amides is 1. The molecular formula is C26H25NO9. The Morgan fingerprint density at radius 2 is 1.44 bits per heavy atom. The van der Waals surface area contributed by atoms with Crippen molar-refractivity contribution >= 4 is 35.4 Å². The van der Waals surface area contributed by atoms with Crippen LogP contribution in [0.2, 0.25) is 0 Å². The molecule has 0 bridgehead atoms. The quantitative estimate of drug-likeness (QED) is 0.325. The Labute approximate surface area is 206 Å². The molecule has 1 aliphatic rings. The molecule has 10 nitrogen and oxygen atoms in total. The van der Waals surface area contributed by atoms with Gasteiger partial charge in [0.25, 0.3) is 5.91 Å². The Bertz CT molecular complexity index is 1180. The van der Waals surface area contributed by atoms with Crippen molar-refractivity contribution in [1.82, 2.24) is 5.32 Å². The predicted octanol–water partition coefficient (Wildman–Crippen LogP) is 1.23. The number of Topliss-reactive ketones (excluding diaryl/α,β-unsaturated/α-hetero) is 2. The molecule has 1 fully saturated rings. The molecule has 4 unspecified atom stereocenters. The molecule has 36 heavy (non-hydrogen) atoms. The Kier molecular flexibility index (Phi) is 7.98. The van der Waals surface area contributed by atoms with Gasteiger partial charge < -0.3 is 19.5 Å². The van der Waals surface area contributed by atoms with Gasteiger partial charge in [-0.2, -0.15) is 0 Å². The zero-order chi connectivity index (χ0) is 26.5. The summed E-state index contributed by atoms with van der Waals surface area (Å²) in [7, 11) is 1.95. The highest BCUT2D eigenvalue weighted by Gasteiger charge is 2.71. The lowest BCUT2D eigenvalue weighted by Crippen LogP contribution is -2.64. The minimum Gasteiger partial charge on any atom is -0.468 e. The highest BCUT2D eigenvalue weighted by Crippen LogP contribution is 2.46. The number of esters is 3. The van der Waals surface area contributed by atoms with Crippen molar-refractivity contribution in [3.63, 3.8) is 0 Å². The van der Waals surface area contributed by atoms with E-state index in [1.54, 1.807) is 36.4 Å². The molecule has 1 saturated carbocycles. The van der Waals surface area contributed by atoms with Crippen LogP contribution in [0.3, 0.4) is 0 Å². The number of carbonyl (C=O) groups excluding carboxylic acids is 6. The highest BCUT2D eigenvalue weighted by molar-refractivity contribution is 6.32. The van der Waals surface area contributed by atoms with Crippen LogP contribution >= 0.6 is 0 Å². The Hall–Kier alpha value is -4.34. The molecule has 0 spiro atoms. The van der Waals surface area contributed by atoms with Crippen molar-refractivity contribution in [3.05, 3.63) is 71.8 Å². The third-order valence-electron chi connectivity index (χ3n) is 6.03. The van der Waals surface area contributed by atoms with Gasteiger partial charge in [0.05, 0.1) is 20.8 Å². The second-order valence-corrected chi connectivity index (χ2v) is 7.96. The molecule has 10 heteroatoms. The molecule has 3 rings (SSSR count). The minimum atomic E-state index is -2.55. The van der Waals surface area contributed by atoms with E-state index in [0.29, 0.717) is 0 Å². The van der Waals surface area contributed by atoms with Crippen LogP contribution in [0, 0.1) is 11.8 Å². The van der Waals surface area contributed by atoms with Gasteiger partial charge in [0, 0.05) is 5.56 Å². The number of ketones is 2. The molecule has 1 N–H and O–H groups in total. The van der Waals surface area contributed by atoms with Crippen molar-refractivity contribution in [2.45, 2.75) is 18.4 Å². The van der Waals surface area contributed by atoms with E-state index in [1.807, 2.05) is 0 Å². The zero-order valence-corrected chi connectivity index (χ0v) is 19.9. The maximum absolute atomic E-state index is 14.0. The third kappa shape index (κ3) is 4.49. The highest BCUT2D eigenvalue weighted by atomic mass is 16.5. The van der Waals surface area contributed by atoms with Crippen molar-refractivity contribution in [1.29, 1.82) is 0 Å². The van der Waals surface area contributed by atoms with E-state index in [-0.39, 0.29) is 17.7 Å². The normalized spacial score (nSPS) is 21.9. The van der Waals surface area contributed by atoms with Crippen LogP contribution < -0.4 is 5.32 Å². The van der Waals surface area contributed by atoms with Crippen LogP contribution in [0.15, 0.2) is 60.7 Å². The van der Waals surface area contributed by atoms with Crippen molar-refractivity contribution in [2.24, 2.45) is 11.8 Å². The molecule has 2 aromatic rings. The number of hydrogen-bond acceptors (Lipinski definition) is 9. The van der Waals surface area contributed by atoms with Crippen LogP contribution in [0.25, 0.3) is 0 Å². The minimum absolute atomic E-state index is 0.0814. The summed E-state index contributed by atoms with van der Waals surface area (Å²) >= 11 is 0. The molecule has 0 saturated heterocycles. The number of methoxy groups -OCH3 is 2. The van der Waals surface area contributed by atoms with Crippen LogP contribution in [0.1, 0.15) is 28.8 Å². The van der Waals surface area contributed by atoms with Gasteiger partial charge in [-0.1, -0.05) is 48.5 Å².